The van der Waals surface area contributed by atoms with E-state index in [4.69, 9.17) is 31.7 Å². The zero-order chi connectivity index (χ0) is 12.4. The molecule has 0 aromatic rings. The summed E-state index contributed by atoms with van der Waals surface area (Å²) in [5.74, 6) is -0.968. The molecule has 0 atom stereocenters. The third-order valence-electron chi connectivity index (χ3n) is 0.175. The van der Waals surface area contributed by atoms with E-state index in [1.807, 2.05) is 20.8 Å². The molecule has 0 aromatic heterocycles. The van der Waals surface area contributed by atoms with E-state index < -0.39 is 12.1 Å². The van der Waals surface area contributed by atoms with Crippen LogP contribution in [0.15, 0.2) is 0 Å². The van der Waals surface area contributed by atoms with Crippen molar-refractivity contribution in [1.82, 2.24) is 0 Å². The maximum absolute atomic E-state index is 9.24. The van der Waals surface area contributed by atoms with E-state index in [1.54, 1.807) is 0 Å². The zero-order valence-corrected chi connectivity index (χ0v) is 17.2. The second-order valence-electron chi connectivity index (χ2n) is 2.91. The summed E-state index contributed by atoms with van der Waals surface area (Å²) in [5, 5.41) is 24.3. The molecule has 0 saturated heterocycles. The topological polar surface area (TPSA) is 127 Å². The zero-order valence-electron chi connectivity index (χ0n) is 10.2. The molecule has 16 heavy (non-hydrogen) atoms. The van der Waals surface area contributed by atoms with Crippen molar-refractivity contribution >= 4 is 23.7 Å². The van der Waals surface area contributed by atoms with E-state index in [2.05, 4.69) is 5.73 Å². The van der Waals surface area contributed by atoms with Crippen LogP contribution in [0.25, 0.3) is 0 Å². The van der Waals surface area contributed by atoms with Crippen LogP contribution < -0.4 is 119 Å². The standard InChI is InChI=1S/C4H9Cl.C2H5NO2.CH2O3.2K/c1-4(2,3)5;3-1-2(4)5;2-1(3)4;;/h1-3H3;1,3H2,(H,4,5);(H2,2,3,4);;/q;;;2*+1/p-2. The number of rotatable bonds is 1. The van der Waals surface area contributed by atoms with E-state index in [0.29, 0.717) is 0 Å². The van der Waals surface area contributed by atoms with Gasteiger partial charge in [-0.2, -0.15) is 0 Å². The first-order chi connectivity index (χ1) is 6.00. The number of halogens is 1. The van der Waals surface area contributed by atoms with Crippen molar-refractivity contribution in [3.05, 3.63) is 0 Å². The van der Waals surface area contributed by atoms with E-state index in [1.165, 1.54) is 0 Å². The number of aliphatic carboxylic acids is 1. The summed E-state index contributed by atoms with van der Waals surface area (Å²) in [5.41, 5.74) is 4.57. The molecule has 9 heteroatoms. The molecule has 0 heterocycles. The second kappa shape index (κ2) is 19.6. The van der Waals surface area contributed by atoms with Gasteiger partial charge in [-0.25, -0.2) is 0 Å². The minimum atomic E-state index is -2.33. The van der Waals surface area contributed by atoms with Gasteiger partial charge in [-0.15, -0.1) is 11.6 Å². The molecule has 0 aliphatic heterocycles. The largest absolute Gasteiger partial charge is 1.00 e. The fraction of sp³-hybridized carbons (Fsp3) is 0.714. The van der Waals surface area contributed by atoms with Crippen LogP contribution >= 0.6 is 11.6 Å². The predicted molar refractivity (Wildman–Crippen MR) is 47.7 cm³/mol. The Morgan fingerprint density at radius 2 is 1.31 bits per heavy atom. The fourth-order valence-corrected chi connectivity index (χ4v) is 0. The van der Waals surface area contributed by atoms with E-state index in [0.717, 1.165) is 0 Å². The van der Waals surface area contributed by atoms with Crippen molar-refractivity contribution in [3.8, 4) is 0 Å². The summed E-state index contributed by atoms with van der Waals surface area (Å²) in [6.07, 6.45) is -2.33. The molecule has 0 amide bonds. The Morgan fingerprint density at radius 1 is 1.25 bits per heavy atom. The Hall–Kier alpha value is 2.26. The molecule has 0 aliphatic rings. The van der Waals surface area contributed by atoms with E-state index in [9.17, 15) is 4.79 Å². The average Bonchev–Trinajstić information content (AvgIpc) is 1.82. The van der Waals surface area contributed by atoms with Crippen molar-refractivity contribution in [2.45, 2.75) is 25.6 Å². The number of carboxylic acid groups (broad SMARTS) is 3. The Bertz CT molecular complexity index is 165. The number of alkyl halides is 1. The van der Waals surface area contributed by atoms with Gasteiger partial charge < -0.3 is 25.8 Å². The third kappa shape index (κ3) is 208. The summed E-state index contributed by atoms with van der Waals surface area (Å²) >= 11 is 5.53. The van der Waals surface area contributed by atoms with Crippen LogP contribution in [0.2, 0.25) is 0 Å². The van der Waals surface area contributed by atoms with Gasteiger partial charge in [-0.1, -0.05) is 0 Å². The van der Waals surface area contributed by atoms with Gasteiger partial charge in [0.2, 0.25) is 0 Å². The molecular weight excluding hydrogens is 292 g/mol. The molecule has 3 N–H and O–H groups in total. The van der Waals surface area contributed by atoms with Crippen LogP contribution in [-0.2, 0) is 4.79 Å². The fourth-order valence-electron chi connectivity index (χ4n) is 0. The van der Waals surface area contributed by atoms with Crippen LogP contribution in [0, 0.1) is 0 Å². The minimum Gasteiger partial charge on any atom is -0.652 e. The van der Waals surface area contributed by atoms with Gasteiger partial charge >= 0.3 is 109 Å². The first-order valence-corrected chi connectivity index (χ1v) is 3.87. The molecule has 0 fully saturated rings. The van der Waals surface area contributed by atoms with E-state index >= 15 is 0 Å². The molecular formula is C7H14ClK2NO5. The van der Waals surface area contributed by atoms with Crippen molar-refractivity contribution in [3.63, 3.8) is 0 Å². The number of hydrogen-bond acceptors (Lipinski definition) is 5. The number of nitrogens with two attached hydrogens (primary N) is 1. The Balaban J connectivity index is -0.0000000358. The van der Waals surface area contributed by atoms with Gasteiger partial charge in [-0.05, 0) is 26.9 Å². The maximum Gasteiger partial charge on any atom is 1.00 e. The molecule has 0 spiro atoms. The van der Waals surface area contributed by atoms with Crippen molar-refractivity contribution in [2.24, 2.45) is 5.73 Å². The Kier molecular flexibility index (Phi) is 37.9. The molecule has 0 rings (SSSR count). The monoisotopic (exact) mass is 305 g/mol. The first-order valence-electron chi connectivity index (χ1n) is 3.49. The average molecular weight is 306 g/mol. The minimum absolute atomic E-state index is 0. The molecule has 0 radical (unpaired) electrons. The quantitative estimate of drug-likeness (QED) is 0.366. The molecule has 0 bridgehead atoms. The molecule has 0 aliphatic carbocycles. The first kappa shape index (κ1) is 30.9. The third-order valence-corrected chi connectivity index (χ3v) is 0.175. The SMILES string of the molecule is CC(C)(C)Cl.NCC(=O)O.O=C([O-])[O-].[K+].[K+]. The summed E-state index contributed by atoms with van der Waals surface area (Å²) in [7, 11) is 0. The molecule has 0 aromatic carbocycles. The van der Waals surface area contributed by atoms with Crippen LogP contribution in [0.5, 0.6) is 0 Å². The van der Waals surface area contributed by atoms with Crippen LogP contribution in [0.4, 0.5) is 4.79 Å². The normalized spacial score (nSPS) is 7.56. The van der Waals surface area contributed by atoms with Gasteiger partial charge in [0.25, 0.3) is 0 Å². The number of carbonyl (C=O) groups is 2. The number of hydrogen-bond donors (Lipinski definition) is 2. The summed E-state index contributed by atoms with van der Waals surface area (Å²) < 4.78 is 0. The van der Waals surface area contributed by atoms with Crippen molar-refractivity contribution < 1.29 is 128 Å². The molecule has 0 unspecified atom stereocenters. The van der Waals surface area contributed by atoms with E-state index in [-0.39, 0.29) is 114 Å². The van der Waals surface area contributed by atoms with Gasteiger partial charge in [0.1, 0.15) is 0 Å². The molecule has 86 valence electrons. The Morgan fingerprint density at radius 3 is 1.31 bits per heavy atom. The summed E-state index contributed by atoms with van der Waals surface area (Å²) in [6.45, 7) is 5.58. The molecule has 0 saturated carbocycles. The smallest absolute Gasteiger partial charge is 0.652 e. The summed E-state index contributed by atoms with van der Waals surface area (Å²) in [4.78, 5) is 17.5. The van der Waals surface area contributed by atoms with Gasteiger partial charge in [-0.3, -0.25) is 4.79 Å². The van der Waals surface area contributed by atoms with Gasteiger partial charge in [0.05, 0.1) is 6.54 Å². The van der Waals surface area contributed by atoms with Gasteiger partial charge in [0.15, 0.2) is 0 Å². The summed E-state index contributed by atoms with van der Waals surface area (Å²) in [6, 6.07) is 0. The number of carboxylic acids is 1. The maximum atomic E-state index is 9.24. The van der Waals surface area contributed by atoms with Gasteiger partial charge in [0, 0.05) is 4.87 Å². The molecule has 6 nitrogen and oxygen atoms in total. The Labute approximate surface area is 185 Å². The van der Waals surface area contributed by atoms with Crippen molar-refractivity contribution in [1.29, 1.82) is 0 Å². The predicted octanol–water partition coefficient (Wildman–Crippen LogP) is -7.39. The number of carbonyl (C=O) groups excluding carboxylic acids is 1. The van der Waals surface area contributed by atoms with Crippen LogP contribution in [0.1, 0.15) is 20.8 Å². The second-order valence-corrected chi connectivity index (χ2v) is 4.05. The van der Waals surface area contributed by atoms with Crippen LogP contribution in [0.3, 0.4) is 0 Å². The van der Waals surface area contributed by atoms with Crippen molar-refractivity contribution in [2.75, 3.05) is 6.54 Å². The van der Waals surface area contributed by atoms with Crippen LogP contribution in [-0.4, -0.2) is 28.7 Å².